The molecule has 0 spiro atoms. The zero-order valence-electron chi connectivity index (χ0n) is 10.5. The minimum atomic E-state index is -1.10. The zero-order chi connectivity index (χ0) is 15.4. The minimum Gasteiger partial charge on any atom is -0.267 e. The van der Waals surface area contributed by atoms with Crippen LogP contribution in [0, 0.1) is 11.6 Å². The van der Waals surface area contributed by atoms with Gasteiger partial charge in [-0.05, 0) is 30.3 Å². The molecule has 108 valence electrons. The smallest absolute Gasteiger partial charge is 0.267 e. The molecule has 0 heterocycles. The van der Waals surface area contributed by atoms with Crippen LogP contribution in [0.2, 0.25) is 5.02 Å². The Morgan fingerprint density at radius 3 is 2.10 bits per heavy atom. The fourth-order valence-electron chi connectivity index (χ4n) is 1.59. The highest BCUT2D eigenvalue weighted by molar-refractivity contribution is 6.30. The van der Waals surface area contributed by atoms with Crippen molar-refractivity contribution in [3.8, 4) is 0 Å². The van der Waals surface area contributed by atoms with Gasteiger partial charge in [-0.2, -0.15) is 0 Å². The standard InChI is InChI=1S/C14H9ClF2N2O2/c15-9-4-1-3-8(7-9)13(20)18-19-14(21)12-10(16)5-2-6-11(12)17/h1-7H,(H,18,20)(H,19,21). The number of halogens is 3. The molecule has 0 unspecified atom stereocenters. The number of hydrazine groups is 1. The quantitative estimate of drug-likeness (QED) is 0.838. The van der Waals surface area contributed by atoms with Crippen molar-refractivity contribution in [2.24, 2.45) is 0 Å². The molecule has 4 nitrogen and oxygen atoms in total. The maximum atomic E-state index is 13.4. The van der Waals surface area contributed by atoms with E-state index in [0.717, 1.165) is 18.2 Å². The Labute approximate surface area is 123 Å². The van der Waals surface area contributed by atoms with Gasteiger partial charge in [0.1, 0.15) is 17.2 Å². The van der Waals surface area contributed by atoms with Crippen LogP contribution in [0.4, 0.5) is 8.78 Å². The van der Waals surface area contributed by atoms with Crippen LogP contribution in [0.3, 0.4) is 0 Å². The summed E-state index contributed by atoms with van der Waals surface area (Å²) in [6.07, 6.45) is 0. The summed E-state index contributed by atoms with van der Waals surface area (Å²) in [5.74, 6) is -3.81. The molecule has 2 aromatic rings. The maximum absolute atomic E-state index is 13.4. The van der Waals surface area contributed by atoms with Crippen LogP contribution >= 0.6 is 11.6 Å². The average molecular weight is 311 g/mol. The number of rotatable bonds is 2. The predicted molar refractivity (Wildman–Crippen MR) is 72.7 cm³/mol. The Balaban J connectivity index is 2.06. The Hall–Kier alpha value is -2.47. The van der Waals surface area contributed by atoms with Gasteiger partial charge in [-0.25, -0.2) is 8.78 Å². The highest BCUT2D eigenvalue weighted by Gasteiger charge is 2.17. The second-order valence-corrected chi connectivity index (χ2v) is 4.45. The monoisotopic (exact) mass is 310 g/mol. The van der Waals surface area contributed by atoms with Gasteiger partial charge < -0.3 is 0 Å². The topological polar surface area (TPSA) is 58.2 Å². The number of nitrogens with one attached hydrogen (secondary N) is 2. The summed E-state index contributed by atoms with van der Waals surface area (Å²) in [7, 11) is 0. The molecule has 2 aromatic carbocycles. The van der Waals surface area contributed by atoms with Gasteiger partial charge in [-0.15, -0.1) is 0 Å². The summed E-state index contributed by atoms with van der Waals surface area (Å²) in [6, 6.07) is 8.99. The average Bonchev–Trinajstić information content (AvgIpc) is 2.44. The Morgan fingerprint density at radius 1 is 0.905 bits per heavy atom. The molecular weight excluding hydrogens is 302 g/mol. The van der Waals surface area contributed by atoms with Gasteiger partial charge in [-0.1, -0.05) is 23.7 Å². The summed E-state index contributed by atoms with van der Waals surface area (Å²) in [6.45, 7) is 0. The molecule has 0 saturated carbocycles. The van der Waals surface area contributed by atoms with E-state index < -0.39 is 29.0 Å². The number of carbonyl (C=O) groups excluding carboxylic acids is 2. The molecule has 0 radical (unpaired) electrons. The van der Waals surface area contributed by atoms with Crippen molar-refractivity contribution in [2.75, 3.05) is 0 Å². The lowest BCUT2D eigenvalue weighted by Gasteiger charge is -2.08. The van der Waals surface area contributed by atoms with Gasteiger partial charge in [0.05, 0.1) is 0 Å². The van der Waals surface area contributed by atoms with Crippen LogP contribution in [-0.2, 0) is 0 Å². The first-order valence-electron chi connectivity index (χ1n) is 5.79. The molecule has 7 heteroatoms. The molecule has 2 rings (SSSR count). The molecule has 0 atom stereocenters. The van der Waals surface area contributed by atoms with E-state index in [1.54, 1.807) is 12.1 Å². The van der Waals surface area contributed by atoms with Crippen molar-refractivity contribution < 1.29 is 18.4 Å². The van der Waals surface area contributed by atoms with E-state index in [0.29, 0.717) is 5.02 Å². The van der Waals surface area contributed by atoms with Crippen LogP contribution in [0.25, 0.3) is 0 Å². The molecule has 0 bridgehead atoms. The van der Waals surface area contributed by atoms with Gasteiger partial charge in [0.2, 0.25) is 0 Å². The predicted octanol–water partition coefficient (Wildman–Crippen LogP) is 2.69. The van der Waals surface area contributed by atoms with Crippen molar-refractivity contribution in [2.45, 2.75) is 0 Å². The van der Waals surface area contributed by atoms with Gasteiger partial charge in [0, 0.05) is 10.6 Å². The first kappa shape index (κ1) is 14.9. The van der Waals surface area contributed by atoms with E-state index in [4.69, 9.17) is 11.6 Å². The zero-order valence-corrected chi connectivity index (χ0v) is 11.2. The normalized spacial score (nSPS) is 10.0. The molecule has 0 fully saturated rings. The highest BCUT2D eigenvalue weighted by Crippen LogP contribution is 2.12. The third kappa shape index (κ3) is 3.55. The lowest BCUT2D eigenvalue weighted by atomic mass is 10.2. The second kappa shape index (κ2) is 6.32. The fraction of sp³-hybridized carbons (Fsp3) is 0. The first-order valence-corrected chi connectivity index (χ1v) is 6.17. The van der Waals surface area contributed by atoms with Crippen molar-refractivity contribution >= 4 is 23.4 Å². The van der Waals surface area contributed by atoms with Crippen molar-refractivity contribution in [3.05, 3.63) is 70.2 Å². The number of amides is 2. The maximum Gasteiger partial charge on any atom is 0.275 e. The molecule has 0 aromatic heterocycles. The molecule has 0 aliphatic carbocycles. The molecule has 0 saturated heterocycles. The molecule has 2 amide bonds. The van der Waals surface area contributed by atoms with E-state index in [-0.39, 0.29) is 5.56 Å². The van der Waals surface area contributed by atoms with Crippen LogP contribution < -0.4 is 10.9 Å². The second-order valence-electron chi connectivity index (χ2n) is 4.02. The van der Waals surface area contributed by atoms with E-state index in [9.17, 15) is 18.4 Å². The summed E-state index contributed by atoms with van der Waals surface area (Å²) in [5, 5.41) is 0.342. The summed E-state index contributed by atoms with van der Waals surface area (Å²) in [5.41, 5.74) is 3.40. The van der Waals surface area contributed by atoms with E-state index in [2.05, 4.69) is 0 Å². The molecule has 0 aliphatic heterocycles. The lowest BCUT2D eigenvalue weighted by Crippen LogP contribution is -2.42. The Morgan fingerprint density at radius 2 is 1.48 bits per heavy atom. The van der Waals surface area contributed by atoms with Gasteiger partial charge in [0.25, 0.3) is 11.8 Å². The van der Waals surface area contributed by atoms with Crippen LogP contribution in [0.15, 0.2) is 42.5 Å². The molecule has 0 aliphatic rings. The highest BCUT2D eigenvalue weighted by atomic mass is 35.5. The van der Waals surface area contributed by atoms with E-state index in [1.165, 1.54) is 12.1 Å². The van der Waals surface area contributed by atoms with E-state index in [1.807, 2.05) is 10.9 Å². The number of carbonyl (C=O) groups is 2. The lowest BCUT2D eigenvalue weighted by molar-refractivity contribution is 0.0841. The summed E-state index contributed by atoms with van der Waals surface area (Å²) < 4.78 is 26.7. The Kier molecular flexibility index (Phi) is 4.49. The number of benzene rings is 2. The Bertz CT molecular complexity index is 687. The van der Waals surface area contributed by atoms with Crippen LogP contribution in [0.5, 0.6) is 0 Å². The molecular formula is C14H9ClF2N2O2. The third-order valence-electron chi connectivity index (χ3n) is 2.57. The minimum absolute atomic E-state index is 0.191. The third-order valence-corrected chi connectivity index (χ3v) is 2.80. The molecule has 2 N–H and O–H groups in total. The van der Waals surface area contributed by atoms with Crippen molar-refractivity contribution in [1.82, 2.24) is 10.9 Å². The first-order chi connectivity index (χ1) is 9.99. The van der Waals surface area contributed by atoms with Gasteiger partial charge >= 0.3 is 0 Å². The van der Waals surface area contributed by atoms with Crippen molar-refractivity contribution in [1.29, 1.82) is 0 Å². The van der Waals surface area contributed by atoms with Crippen LogP contribution in [0.1, 0.15) is 20.7 Å². The number of hydrogen-bond acceptors (Lipinski definition) is 2. The van der Waals surface area contributed by atoms with E-state index >= 15 is 0 Å². The molecule has 21 heavy (non-hydrogen) atoms. The van der Waals surface area contributed by atoms with Gasteiger partial charge in [0.15, 0.2) is 0 Å². The van der Waals surface area contributed by atoms with Gasteiger partial charge in [-0.3, -0.25) is 20.4 Å². The van der Waals surface area contributed by atoms with Crippen molar-refractivity contribution in [3.63, 3.8) is 0 Å². The number of hydrogen-bond donors (Lipinski definition) is 2. The summed E-state index contributed by atoms with van der Waals surface area (Å²) in [4.78, 5) is 23.4. The SMILES string of the molecule is O=C(NNC(=O)c1c(F)cccc1F)c1cccc(Cl)c1. The largest absolute Gasteiger partial charge is 0.275 e. The fourth-order valence-corrected chi connectivity index (χ4v) is 1.78. The van der Waals surface area contributed by atoms with Crippen LogP contribution in [-0.4, -0.2) is 11.8 Å². The summed E-state index contributed by atoms with van der Waals surface area (Å²) >= 11 is 5.72.